The highest BCUT2D eigenvalue weighted by atomic mass is 32.2. The summed E-state index contributed by atoms with van der Waals surface area (Å²) in [7, 11) is 0. The Kier molecular flexibility index (Phi) is 4.35. The van der Waals surface area contributed by atoms with Crippen LogP contribution < -0.4 is 11.6 Å². The van der Waals surface area contributed by atoms with Crippen molar-refractivity contribution in [3.05, 3.63) is 0 Å². The lowest BCUT2D eigenvalue weighted by atomic mass is 9.85. The molecule has 0 radical (unpaired) electrons. The average Bonchev–Trinajstić information content (AvgIpc) is 2.35. The predicted octanol–water partition coefficient (Wildman–Crippen LogP) is 1.17. The lowest BCUT2D eigenvalue weighted by Gasteiger charge is -2.44. The third kappa shape index (κ3) is 2.83. The second-order valence-electron chi connectivity index (χ2n) is 4.78. The van der Waals surface area contributed by atoms with Gasteiger partial charge in [0.1, 0.15) is 0 Å². The normalized spacial score (nSPS) is 32.4. The molecule has 0 unspecified atom stereocenters. The van der Waals surface area contributed by atoms with Gasteiger partial charge >= 0.3 is 0 Å². The predicted molar refractivity (Wildman–Crippen MR) is 70.2 cm³/mol. The summed E-state index contributed by atoms with van der Waals surface area (Å²) in [6.45, 7) is 2.60. The number of amidine groups is 1. The standard InChI is InChI=1S/C11H22N4S/c12-11(14-13)16-8-9-4-3-7-15-6-2-1-5-10(9)15/h9-10H,1-8,13H2,(H2,12,14)/t9-,10-/m1/s1. The van der Waals surface area contributed by atoms with E-state index in [0.29, 0.717) is 5.17 Å². The van der Waals surface area contributed by atoms with Crippen molar-refractivity contribution < 1.29 is 0 Å². The van der Waals surface area contributed by atoms with Crippen LogP contribution in [0, 0.1) is 5.92 Å². The fourth-order valence-corrected chi connectivity index (χ4v) is 3.85. The van der Waals surface area contributed by atoms with E-state index in [1.54, 1.807) is 11.8 Å². The van der Waals surface area contributed by atoms with Crippen molar-refractivity contribution in [3.63, 3.8) is 0 Å². The molecule has 0 aromatic rings. The average molecular weight is 242 g/mol. The smallest absolute Gasteiger partial charge is 0.177 e. The van der Waals surface area contributed by atoms with Crippen molar-refractivity contribution in [1.82, 2.24) is 4.90 Å². The molecule has 4 nitrogen and oxygen atoms in total. The summed E-state index contributed by atoms with van der Waals surface area (Å²) in [5, 5.41) is 4.04. The van der Waals surface area contributed by atoms with Gasteiger partial charge in [0.15, 0.2) is 5.17 Å². The van der Waals surface area contributed by atoms with E-state index in [4.69, 9.17) is 11.6 Å². The zero-order chi connectivity index (χ0) is 11.4. The molecule has 2 heterocycles. The number of fused-ring (bicyclic) bond motifs is 1. The van der Waals surface area contributed by atoms with Gasteiger partial charge in [-0.2, -0.15) is 5.10 Å². The number of hydrogen-bond acceptors (Lipinski definition) is 4. The van der Waals surface area contributed by atoms with Crippen molar-refractivity contribution >= 4 is 16.9 Å². The van der Waals surface area contributed by atoms with Gasteiger partial charge in [0.2, 0.25) is 0 Å². The van der Waals surface area contributed by atoms with Crippen LogP contribution in [0.25, 0.3) is 0 Å². The largest absolute Gasteiger partial charge is 0.377 e. The first-order chi connectivity index (χ1) is 7.81. The van der Waals surface area contributed by atoms with Crippen LogP contribution in [0.5, 0.6) is 0 Å². The SMILES string of the molecule is NN=C(N)SC[C@H]1CCCN2CCCC[C@H]12. The van der Waals surface area contributed by atoms with E-state index in [2.05, 4.69) is 10.0 Å². The topological polar surface area (TPSA) is 67.6 Å². The Morgan fingerprint density at radius 2 is 2.06 bits per heavy atom. The van der Waals surface area contributed by atoms with Crippen molar-refractivity contribution in [2.45, 2.75) is 38.1 Å². The molecule has 0 bridgehead atoms. The third-order valence-electron chi connectivity index (χ3n) is 3.80. The monoisotopic (exact) mass is 242 g/mol. The zero-order valence-electron chi connectivity index (χ0n) is 9.77. The molecule has 2 aliphatic heterocycles. The molecule has 2 atom stereocenters. The van der Waals surface area contributed by atoms with Gasteiger partial charge in [0.25, 0.3) is 0 Å². The van der Waals surface area contributed by atoms with E-state index in [-0.39, 0.29) is 0 Å². The quantitative estimate of drug-likeness (QED) is 0.330. The summed E-state index contributed by atoms with van der Waals surface area (Å²) in [5.41, 5.74) is 5.63. The van der Waals surface area contributed by atoms with Gasteiger partial charge < -0.3 is 16.5 Å². The van der Waals surface area contributed by atoms with Crippen LogP contribution in [0.15, 0.2) is 5.10 Å². The van der Waals surface area contributed by atoms with Crippen LogP contribution in [0.3, 0.4) is 0 Å². The minimum Gasteiger partial charge on any atom is -0.377 e. The lowest BCUT2D eigenvalue weighted by Crippen LogP contribution is -2.48. The molecule has 2 saturated heterocycles. The molecule has 2 fully saturated rings. The highest BCUT2D eigenvalue weighted by molar-refractivity contribution is 8.13. The van der Waals surface area contributed by atoms with Crippen LogP contribution in [-0.4, -0.2) is 35.0 Å². The van der Waals surface area contributed by atoms with Crippen LogP contribution in [-0.2, 0) is 0 Å². The van der Waals surface area contributed by atoms with Crippen molar-refractivity contribution in [2.75, 3.05) is 18.8 Å². The molecule has 0 saturated carbocycles. The maximum atomic E-state index is 5.63. The Hall–Kier alpha value is -0.420. The van der Waals surface area contributed by atoms with E-state index in [0.717, 1.165) is 17.7 Å². The molecule has 0 amide bonds. The molecular formula is C11H22N4S. The van der Waals surface area contributed by atoms with E-state index in [9.17, 15) is 0 Å². The van der Waals surface area contributed by atoms with Crippen molar-refractivity contribution in [2.24, 2.45) is 22.6 Å². The molecule has 0 aromatic heterocycles. The maximum Gasteiger partial charge on any atom is 0.177 e. The number of hydrogen-bond donors (Lipinski definition) is 2. The number of hydrazone groups is 1. The summed E-state index contributed by atoms with van der Waals surface area (Å²) in [5.74, 6) is 7.01. The van der Waals surface area contributed by atoms with Gasteiger partial charge in [-0.15, -0.1) is 0 Å². The molecule has 0 spiro atoms. The molecule has 4 N–H and O–H groups in total. The first-order valence-corrected chi connectivity index (χ1v) is 7.20. The van der Waals surface area contributed by atoms with E-state index in [1.807, 2.05) is 0 Å². The number of nitrogens with two attached hydrogens (primary N) is 2. The van der Waals surface area contributed by atoms with Gasteiger partial charge in [0.05, 0.1) is 0 Å². The number of nitrogens with zero attached hydrogens (tertiary/aromatic N) is 2. The fourth-order valence-electron chi connectivity index (χ4n) is 3.00. The Morgan fingerprint density at radius 3 is 2.88 bits per heavy atom. The minimum absolute atomic E-state index is 0.521. The summed E-state index contributed by atoms with van der Waals surface area (Å²) in [6.07, 6.45) is 6.81. The summed E-state index contributed by atoms with van der Waals surface area (Å²) >= 11 is 1.61. The Balaban J connectivity index is 1.87. The molecule has 0 aromatic carbocycles. The van der Waals surface area contributed by atoms with Crippen LogP contribution in [0.4, 0.5) is 0 Å². The van der Waals surface area contributed by atoms with E-state index in [1.165, 1.54) is 45.2 Å². The van der Waals surface area contributed by atoms with Gasteiger partial charge in [-0.3, -0.25) is 0 Å². The van der Waals surface area contributed by atoms with Crippen LogP contribution in [0.2, 0.25) is 0 Å². The van der Waals surface area contributed by atoms with Gasteiger partial charge in [-0.25, -0.2) is 0 Å². The summed E-state index contributed by atoms with van der Waals surface area (Å²) < 4.78 is 0. The van der Waals surface area contributed by atoms with Crippen molar-refractivity contribution in [1.29, 1.82) is 0 Å². The van der Waals surface area contributed by atoms with E-state index < -0.39 is 0 Å². The Bertz CT molecular complexity index is 254. The van der Waals surface area contributed by atoms with Gasteiger partial charge in [-0.1, -0.05) is 18.2 Å². The number of rotatable bonds is 2. The maximum absolute atomic E-state index is 5.63. The molecule has 5 heteroatoms. The summed E-state index contributed by atoms with van der Waals surface area (Å²) in [4.78, 5) is 2.67. The van der Waals surface area contributed by atoms with Crippen LogP contribution in [0.1, 0.15) is 32.1 Å². The summed E-state index contributed by atoms with van der Waals surface area (Å²) in [6, 6.07) is 0.792. The molecule has 2 rings (SSSR count). The second kappa shape index (κ2) is 5.77. The first kappa shape index (κ1) is 12.0. The highest BCUT2D eigenvalue weighted by Crippen LogP contribution is 2.32. The Morgan fingerprint density at radius 1 is 1.25 bits per heavy atom. The number of thioether (sulfide) groups is 1. The van der Waals surface area contributed by atoms with Crippen LogP contribution >= 0.6 is 11.8 Å². The Labute approximate surface area is 102 Å². The van der Waals surface area contributed by atoms with Gasteiger partial charge in [-0.05, 0) is 44.7 Å². The first-order valence-electron chi connectivity index (χ1n) is 6.21. The minimum atomic E-state index is 0.521. The second-order valence-corrected chi connectivity index (χ2v) is 5.82. The molecule has 0 aliphatic carbocycles. The van der Waals surface area contributed by atoms with Gasteiger partial charge in [0, 0.05) is 11.8 Å². The zero-order valence-corrected chi connectivity index (χ0v) is 10.6. The van der Waals surface area contributed by atoms with E-state index >= 15 is 0 Å². The molecule has 92 valence electrons. The fraction of sp³-hybridized carbons (Fsp3) is 0.909. The molecular weight excluding hydrogens is 220 g/mol. The lowest BCUT2D eigenvalue weighted by molar-refractivity contribution is 0.0694. The third-order valence-corrected chi connectivity index (χ3v) is 4.80. The van der Waals surface area contributed by atoms with Crippen molar-refractivity contribution in [3.8, 4) is 0 Å². The highest BCUT2D eigenvalue weighted by Gasteiger charge is 2.32. The molecule has 16 heavy (non-hydrogen) atoms. The molecule has 2 aliphatic rings. The number of piperidine rings is 2.